The van der Waals surface area contributed by atoms with Gasteiger partial charge < -0.3 is 14.2 Å². The van der Waals surface area contributed by atoms with E-state index >= 15 is 0 Å². The SMILES string of the molecule is CCc1ccc(OC2(C)CCN(Cc3ccc4c(c3)OCCO4)C2)cc1. The van der Waals surface area contributed by atoms with Crippen molar-refractivity contribution in [2.75, 3.05) is 26.3 Å². The van der Waals surface area contributed by atoms with Gasteiger partial charge in [0.05, 0.1) is 0 Å². The molecule has 0 aromatic heterocycles. The van der Waals surface area contributed by atoms with Crippen molar-refractivity contribution in [3.63, 3.8) is 0 Å². The van der Waals surface area contributed by atoms with Gasteiger partial charge in [0, 0.05) is 26.1 Å². The zero-order chi connectivity index (χ0) is 18.0. The summed E-state index contributed by atoms with van der Waals surface area (Å²) in [6, 6.07) is 14.7. The normalized spacial score (nSPS) is 22.4. The maximum absolute atomic E-state index is 6.33. The van der Waals surface area contributed by atoms with E-state index in [0.29, 0.717) is 13.2 Å². The lowest BCUT2D eigenvalue weighted by molar-refractivity contribution is 0.0950. The van der Waals surface area contributed by atoms with Crippen LogP contribution in [0.25, 0.3) is 0 Å². The maximum Gasteiger partial charge on any atom is 0.161 e. The van der Waals surface area contributed by atoms with E-state index in [4.69, 9.17) is 14.2 Å². The second kappa shape index (κ2) is 7.20. The monoisotopic (exact) mass is 353 g/mol. The molecule has 1 fully saturated rings. The molecule has 1 atom stereocenters. The van der Waals surface area contributed by atoms with E-state index in [0.717, 1.165) is 49.7 Å². The molecule has 2 heterocycles. The molecule has 2 aromatic carbocycles. The fraction of sp³-hybridized carbons (Fsp3) is 0.455. The van der Waals surface area contributed by atoms with Crippen molar-refractivity contribution >= 4 is 0 Å². The van der Waals surface area contributed by atoms with Gasteiger partial charge >= 0.3 is 0 Å². The topological polar surface area (TPSA) is 30.9 Å². The average molecular weight is 353 g/mol. The zero-order valence-electron chi connectivity index (χ0n) is 15.7. The molecule has 1 unspecified atom stereocenters. The Morgan fingerprint density at radius 1 is 1.00 bits per heavy atom. The largest absolute Gasteiger partial charge is 0.486 e. The van der Waals surface area contributed by atoms with Gasteiger partial charge in [-0.15, -0.1) is 0 Å². The molecule has 0 saturated carbocycles. The van der Waals surface area contributed by atoms with Crippen LogP contribution in [0.5, 0.6) is 17.2 Å². The van der Waals surface area contributed by atoms with E-state index in [9.17, 15) is 0 Å². The number of nitrogens with zero attached hydrogens (tertiary/aromatic N) is 1. The van der Waals surface area contributed by atoms with Gasteiger partial charge in [-0.25, -0.2) is 0 Å². The number of aryl methyl sites for hydroxylation is 1. The van der Waals surface area contributed by atoms with Gasteiger partial charge in [0.2, 0.25) is 0 Å². The molecule has 0 N–H and O–H groups in total. The third-order valence-corrected chi connectivity index (χ3v) is 5.22. The summed E-state index contributed by atoms with van der Waals surface area (Å²) in [5.41, 5.74) is 2.46. The van der Waals surface area contributed by atoms with Crippen molar-refractivity contribution < 1.29 is 14.2 Å². The second-order valence-electron chi connectivity index (χ2n) is 7.49. The van der Waals surface area contributed by atoms with Gasteiger partial charge in [0.25, 0.3) is 0 Å². The van der Waals surface area contributed by atoms with Crippen LogP contribution in [0.1, 0.15) is 31.4 Å². The van der Waals surface area contributed by atoms with Crippen LogP contribution in [0.4, 0.5) is 0 Å². The first kappa shape index (κ1) is 17.2. The summed E-state index contributed by atoms with van der Waals surface area (Å²) in [5.74, 6) is 2.68. The van der Waals surface area contributed by atoms with Crippen LogP contribution in [-0.4, -0.2) is 36.8 Å². The minimum absolute atomic E-state index is 0.137. The molecule has 4 rings (SSSR count). The molecule has 2 aromatic rings. The van der Waals surface area contributed by atoms with Crippen LogP contribution in [0.15, 0.2) is 42.5 Å². The molecule has 0 radical (unpaired) electrons. The van der Waals surface area contributed by atoms with E-state index < -0.39 is 0 Å². The Morgan fingerprint density at radius 3 is 2.50 bits per heavy atom. The number of likely N-dealkylation sites (tertiary alicyclic amines) is 1. The van der Waals surface area contributed by atoms with E-state index in [1.54, 1.807) is 0 Å². The summed E-state index contributed by atoms with van der Waals surface area (Å²) >= 11 is 0. The molecule has 4 heteroatoms. The molecule has 138 valence electrons. The van der Waals surface area contributed by atoms with E-state index in [1.807, 2.05) is 6.07 Å². The fourth-order valence-corrected chi connectivity index (χ4v) is 3.77. The third kappa shape index (κ3) is 3.80. The van der Waals surface area contributed by atoms with Gasteiger partial charge in [-0.05, 0) is 48.7 Å². The van der Waals surface area contributed by atoms with E-state index in [-0.39, 0.29) is 5.60 Å². The highest BCUT2D eigenvalue weighted by Crippen LogP contribution is 2.33. The summed E-state index contributed by atoms with van der Waals surface area (Å²) in [7, 11) is 0. The zero-order valence-corrected chi connectivity index (χ0v) is 15.7. The second-order valence-corrected chi connectivity index (χ2v) is 7.49. The van der Waals surface area contributed by atoms with Crippen LogP contribution in [0.3, 0.4) is 0 Å². The molecular weight excluding hydrogens is 326 g/mol. The summed E-state index contributed by atoms with van der Waals surface area (Å²) in [4.78, 5) is 2.45. The van der Waals surface area contributed by atoms with Crippen LogP contribution in [-0.2, 0) is 13.0 Å². The van der Waals surface area contributed by atoms with E-state index in [1.165, 1.54) is 11.1 Å². The van der Waals surface area contributed by atoms with Crippen LogP contribution in [0.2, 0.25) is 0 Å². The lowest BCUT2D eigenvalue weighted by Gasteiger charge is -2.27. The molecule has 0 spiro atoms. The molecule has 2 aliphatic rings. The summed E-state index contributed by atoms with van der Waals surface area (Å²) in [6.07, 6.45) is 2.09. The minimum Gasteiger partial charge on any atom is -0.486 e. The molecule has 26 heavy (non-hydrogen) atoms. The molecule has 0 bridgehead atoms. The lowest BCUT2D eigenvalue weighted by atomic mass is 10.1. The number of rotatable bonds is 5. The molecule has 1 saturated heterocycles. The Bertz CT molecular complexity index is 758. The Labute approximate surface area is 155 Å². The number of ether oxygens (including phenoxy) is 3. The number of fused-ring (bicyclic) bond motifs is 1. The van der Waals surface area contributed by atoms with Gasteiger partial charge in [-0.1, -0.05) is 25.1 Å². The van der Waals surface area contributed by atoms with Gasteiger partial charge in [0.15, 0.2) is 11.5 Å². The first-order chi connectivity index (χ1) is 12.6. The van der Waals surface area contributed by atoms with Crippen molar-refractivity contribution in [2.45, 2.75) is 38.8 Å². The van der Waals surface area contributed by atoms with Crippen molar-refractivity contribution in [2.24, 2.45) is 0 Å². The molecule has 0 aliphatic carbocycles. The summed E-state index contributed by atoms with van der Waals surface area (Å²) in [5, 5.41) is 0. The quantitative estimate of drug-likeness (QED) is 0.811. The van der Waals surface area contributed by atoms with Crippen molar-refractivity contribution in [1.82, 2.24) is 4.90 Å². The van der Waals surface area contributed by atoms with Gasteiger partial charge in [0.1, 0.15) is 24.6 Å². The maximum atomic E-state index is 6.33. The minimum atomic E-state index is -0.137. The first-order valence-corrected chi connectivity index (χ1v) is 9.52. The van der Waals surface area contributed by atoms with Crippen molar-refractivity contribution in [1.29, 1.82) is 0 Å². The summed E-state index contributed by atoms with van der Waals surface area (Å²) in [6.45, 7) is 8.52. The highest BCUT2D eigenvalue weighted by atomic mass is 16.6. The highest BCUT2D eigenvalue weighted by molar-refractivity contribution is 5.43. The fourth-order valence-electron chi connectivity index (χ4n) is 3.77. The molecule has 0 amide bonds. The number of benzene rings is 2. The van der Waals surface area contributed by atoms with Crippen molar-refractivity contribution in [3.05, 3.63) is 53.6 Å². The summed E-state index contributed by atoms with van der Waals surface area (Å²) < 4.78 is 17.6. The van der Waals surface area contributed by atoms with Crippen LogP contribution in [0, 0.1) is 0 Å². The standard InChI is InChI=1S/C22H27NO3/c1-3-17-4-7-19(8-5-17)26-22(2)10-11-23(16-22)15-18-6-9-20-21(14-18)25-13-12-24-20/h4-9,14H,3,10-13,15-16H2,1-2H3. The van der Waals surface area contributed by atoms with Crippen molar-refractivity contribution in [3.8, 4) is 17.2 Å². The molecule has 4 nitrogen and oxygen atoms in total. The predicted molar refractivity (Wildman–Crippen MR) is 102 cm³/mol. The van der Waals surface area contributed by atoms with Crippen LogP contribution >= 0.6 is 0 Å². The third-order valence-electron chi connectivity index (χ3n) is 5.22. The first-order valence-electron chi connectivity index (χ1n) is 9.52. The van der Waals surface area contributed by atoms with Gasteiger partial charge in [-0.3, -0.25) is 4.90 Å². The Kier molecular flexibility index (Phi) is 4.77. The number of hydrogen-bond acceptors (Lipinski definition) is 4. The Hall–Kier alpha value is -2.20. The highest BCUT2D eigenvalue weighted by Gasteiger charge is 2.35. The molecule has 2 aliphatic heterocycles. The average Bonchev–Trinajstić information content (AvgIpc) is 3.02. The van der Waals surface area contributed by atoms with Crippen LogP contribution < -0.4 is 14.2 Å². The van der Waals surface area contributed by atoms with E-state index in [2.05, 4.69) is 55.1 Å². The Morgan fingerprint density at radius 2 is 1.73 bits per heavy atom. The number of hydrogen-bond donors (Lipinski definition) is 0. The van der Waals surface area contributed by atoms with Gasteiger partial charge in [-0.2, -0.15) is 0 Å². The lowest BCUT2D eigenvalue weighted by Crippen LogP contribution is -2.35. The molecular formula is C22H27NO3. The predicted octanol–water partition coefficient (Wildman–Crippen LogP) is 4.06. The Balaban J connectivity index is 1.38. The smallest absolute Gasteiger partial charge is 0.161 e.